The van der Waals surface area contributed by atoms with Crippen molar-refractivity contribution in [3.63, 3.8) is 0 Å². The van der Waals surface area contributed by atoms with Crippen LogP contribution >= 0.6 is 35.3 Å². The van der Waals surface area contributed by atoms with E-state index in [1.54, 1.807) is 11.3 Å². The van der Waals surface area contributed by atoms with Crippen LogP contribution in [-0.2, 0) is 13.0 Å². The van der Waals surface area contributed by atoms with Crippen molar-refractivity contribution >= 4 is 41.3 Å². The van der Waals surface area contributed by atoms with Gasteiger partial charge in [-0.2, -0.15) is 0 Å². The van der Waals surface area contributed by atoms with Crippen LogP contribution in [0.4, 0.5) is 0 Å². The molecule has 2 unspecified atom stereocenters. The van der Waals surface area contributed by atoms with Gasteiger partial charge >= 0.3 is 0 Å². The SMILES string of the molecule is CCNC(=NCc1ncc(CC)s1)N1CC2CCCCC2C1.I. The minimum Gasteiger partial charge on any atom is -0.357 e. The van der Waals surface area contributed by atoms with Crippen LogP contribution in [-0.4, -0.2) is 35.5 Å². The zero-order chi connectivity index (χ0) is 15.4. The van der Waals surface area contributed by atoms with Crippen LogP contribution in [0, 0.1) is 11.8 Å². The summed E-state index contributed by atoms with van der Waals surface area (Å²) in [5, 5.41) is 4.61. The minimum absolute atomic E-state index is 0. The van der Waals surface area contributed by atoms with Gasteiger partial charge in [0.2, 0.25) is 0 Å². The molecule has 1 aliphatic heterocycles. The van der Waals surface area contributed by atoms with E-state index < -0.39 is 0 Å². The highest BCUT2D eigenvalue weighted by molar-refractivity contribution is 14.0. The minimum atomic E-state index is 0. The van der Waals surface area contributed by atoms with E-state index in [1.807, 2.05) is 6.20 Å². The summed E-state index contributed by atoms with van der Waals surface area (Å²) in [6.45, 7) is 8.35. The average molecular weight is 448 g/mol. The Morgan fingerprint density at radius 2 is 2.00 bits per heavy atom. The van der Waals surface area contributed by atoms with Gasteiger partial charge < -0.3 is 10.2 Å². The van der Waals surface area contributed by atoms with Gasteiger partial charge in [0.15, 0.2) is 5.96 Å². The lowest BCUT2D eigenvalue weighted by Crippen LogP contribution is -2.40. The molecule has 6 heteroatoms. The van der Waals surface area contributed by atoms with Gasteiger partial charge in [-0.1, -0.05) is 19.8 Å². The third-order valence-corrected chi connectivity index (χ3v) is 6.05. The average Bonchev–Trinajstić information content (AvgIpc) is 3.17. The Morgan fingerprint density at radius 1 is 1.30 bits per heavy atom. The number of nitrogens with zero attached hydrogens (tertiary/aromatic N) is 3. The molecule has 1 saturated carbocycles. The van der Waals surface area contributed by atoms with E-state index in [4.69, 9.17) is 4.99 Å². The maximum absolute atomic E-state index is 4.85. The number of aromatic nitrogens is 1. The summed E-state index contributed by atoms with van der Waals surface area (Å²) in [4.78, 5) is 13.2. The number of hydrogen-bond acceptors (Lipinski definition) is 3. The van der Waals surface area contributed by atoms with Crippen LogP contribution in [0.3, 0.4) is 0 Å². The summed E-state index contributed by atoms with van der Waals surface area (Å²) in [5.74, 6) is 2.87. The molecule has 0 aromatic carbocycles. The van der Waals surface area contributed by atoms with E-state index in [1.165, 1.54) is 43.6 Å². The lowest BCUT2D eigenvalue weighted by Gasteiger charge is -2.22. The Bertz CT molecular complexity index is 502. The molecule has 0 amide bonds. The van der Waals surface area contributed by atoms with Gasteiger partial charge in [0.05, 0.1) is 6.54 Å². The molecule has 1 aromatic heterocycles. The number of halogens is 1. The van der Waals surface area contributed by atoms with Crippen LogP contribution in [0.1, 0.15) is 49.4 Å². The Hall–Kier alpha value is -0.370. The maximum Gasteiger partial charge on any atom is 0.194 e. The van der Waals surface area contributed by atoms with Crippen molar-refractivity contribution in [2.45, 2.75) is 52.5 Å². The first-order chi connectivity index (χ1) is 10.8. The van der Waals surface area contributed by atoms with E-state index in [0.717, 1.165) is 35.8 Å². The molecule has 2 heterocycles. The van der Waals surface area contributed by atoms with E-state index in [-0.39, 0.29) is 24.0 Å². The number of thiazole rings is 1. The number of fused-ring (bicyclic) bond motifs is 1. The molecule has 0 spiro atoms. The number of rotatable bonds is 4. The van der Waals surface area contributed by atoms with Crippen molar-refractivity contribution in [1.82, 2.24) is 15.2 Å². The first-order valence-corrected chi connectivity index (χ1v) is 9.58. The van der Waals surface area contributed by atoms with Gasteiger partial charge in [-0.15, -0.1) is 35.3 Å². The number of aliphatic imine (C=N–C) groups is 1. The van der Waals surface area contributed by atoms with Crippen molar-refractivity contribution in [3.05, 3.63) is 16.1 Å². The molecule has 0 radical (unpaired) electrons. The summed E-state index contributed by atoms with van der Waals surface area (Å²) < 4.78 is 0. The molecule has 23 heavy (non-hydrogen) atoms. The highest BCUT2D eigenvalue weighted by Crippen LogP contribution is 2.36. The molecule has 3 rings (SSSR count). The molecule has 2 fully saturated rings. The summed E-state index contributed by atoms with van der Waals surface area (Å²) in [6, 6.07) is 0. The third kappa shape index (κ3) is 4.81. The molecule has 4 nitrogen and oxygen atoms in total. The van der Waals surface area contributed by atoms with Gasteiger partial charge in [-0.25, -0.2) is 9.98 Å². The van der Waals surface area contributed by atoms with Crippen molar-refractivity contribution in [2.24, 2.45) is 16.8 Å². The summed E-state index contributed by atoms with van der Waals surface area (Å²) in [6.07, 6.45) is 8.72. The molecule has 1 aliphatic carbocycles. The van der Waals surface area contributed by atoms with Crippen molar-refractivity contribution in [3.8, 4) is 0 Å². The van der Waals surface area contributed by atoms with Gasteiger partial charge in [-0.3, -0.25) is 0 Å². The second-order valence-corrected chi connectivity index (χ2v) is 7.65. The summed E-state index contributed by atoms with van der Waals surface area (Å²) in [5.41, 5.74) is 0. The zero-order valence-corrected chi connectivity index (χ0v) is 17.4. The molecular weight excluding hydrogens is 419 g/mol. The second kappa shape index (κ2) is 9.20. The fourth-order valence-corrected chi connectivity index (χ4v) is 4.52. The number of hydrogen-bond donors (Lipinski definition) is 1. The maximum atomic E-state index is 4.85. The molecule has 1 saturated heterocycles. The van der Waals surface area contributed by atoms with E-state index >= 15 is 0 Å². The monoisotopic (exact) mass is 448 g/mol. The van der Waals surface area contributed by atoms with E-state index in [9.17, 15) is 0 Å². The Kier molecular flexibility index (Phi) is 7.59. The predicted octanol–water partition coefficient (Wildman–Crippen LogP) is 3.91. The normalized spacial score (nSPS) is 24.3. The van der Waals surface area contributed by atoms with Crippen LogP contribution in [0.25, 0.3) is 0 Å². The molecule has 2 aliphatic rings. The van der Waals surface area contributed by atoms with Crippen LogP contribution in [0.15, 0.2) is 11.2 Å². The van der Waals surface area contributed by atoms with Gasteiger partial charge in [0, 0.05) is 30.7 Å². The first kappa shape index (κ1) is 19.0. The second-order valence-electron chi connectivity index (χ2n) is 6.45. The topological polar surface area (TPSA) is 40.5 Å². The van der Waals surface area contributed by atoms with Gasteiger partial charge in [0.1, 0.15) is 5.01 Å². The van der Waals surface area contributed by atoms with Crippen LogP contribution in [0.5, 0.6) is 0 Å². The van der Waals surface area contributed by atoms with Crippen molar-refractivity contribution < 1.29 is 0 Å². The molecule has 1 aromatic rings. The summed E-state index contributed by atoms with van der Waals surface area (Å²) in [7, 11) is 0. The number of likely N-dealkylation sites (tertiary alicyclic amines) is 1. The van der Waals surface area contributed by atoms with E-state index in [0.29, 0.717) is 6.54 Å². The van der Waals surface area contributed by atoms with Gasteiger partial charge in [0.25, 0.3) is 0 Å². The number of guanidine groups is 1. The Labute approximate surface area is 161 Å². The molecular formula is C17H29IN4S. The fraction of sp³-hybridized carbons (Fsp3) is 0.765. The first-order valence-electron chi connectivity index (χ1n) is 8.77. The number of aryl methyl sites for hydroxylation is 1. The lowest BCUT2D eigenvalue weighted by molar-refractivity contribution is 0.299. The molecule has 0 bridgehead atoms. The lowest BCUT2D eigenvalue weighted by atomic mass is 9.82. The summed E-state index contributed by atoms with van der Waals surface area (Å²) >= 11 is 1.79. The molecule has 130 valence electrons. The molecule has 1 N–H and O–H groups in total. The quantitative estimate of drug-likeness (QED) is 0.432. The number of nitrogens with one attached hydrogen (secondary N) is 1. The predicted molar refractivity (Wildman–Crippen MR) is 109 cm³/mol. The highest BCUT2D eigenvalue weighted by atomic mass is 127. The van der Waals surface area contributed by atoms with E-state index in [2.05, 4.69) is 29.0 Å². The van der Waals surface area contributed by atoms with Crippen molar-refractivity contribution in [1.29, 1.82) is 0 Å². The van der Waals surface area contributed by atoms with Crippen molar-refractivity contribution in [2.75, 3.05) is 19.6 Å². The van der Waals surface area contributed by atoms with Gasteiger partial charge in [-0.05, 0) is 38.0 Å². The third-order valence-electron chi connectivity index (χ3n) is 4.92. The Balaban J connectivity index is 0.00000192. The smallest absolute Gasteiger partial charge is 0.194 e. The Morgan fingerprint density at radius 3 is 2.57 bits per heavy atom. The van der Waals surface area contributed by atoms with Crippen LogP contribution in [0.2, 0.25) is 0 Å². The standard InChI is InChI=1S/C17H28N4S.HI/c1-3-15-9-19-16(22-15)10-20-17(18-4-2)21-11-13-7-5-6-8-14(13)12-21;/h9,13-14H,3-8,10-12H2,1-2H3,(H,18,20);1H. The zero-order valence-electron chi connectivity index (χ0n) is 14.3. The fourth-order valence-electron chi connectivity index (χ4n) is 3.73. The highest BCUT2D eigenvalue weighted by Gasteiger charge is 2.35. The van der Waals surface area contributed by atoms with Crippen LogP contribution < -0.4 is 5.32 Å². The largest absolute Gasteiger partial charge is 0.357 e. The molecule has 2 atom stereocenters.